The summed E-state index contributed by atoms with van der Waals surface area (Å²) in [5.74, 6) is 0. The number of rotatable bonds is 4. The van der Waals surface area contributed by atoms with Crippen molar-refractivity contribution in [2.45, 2.75) is 58.0 Å². The Morgan fingerprint density at radius 3 is 2.32 bits per heavy atom. The highest BCUT2D eigenvalue weighted by atomic mass is 16.5. The fourth-order valence-corrected chi connectivity index (χ4v) is 2.74. The molecule has 0 spiro atoms. The minimum Gasteiger partial charge on any atom is -0.375 e. The Labute approximate surface area is 116 Å². The second-order valence-corrected chi connectivity index (χ2v) is 5.62. The van der Waals surface area contributed by atoms with E-state index in [0.29, 0.717) is 6.54 Å². The van der Waals surface area contributed by atoms with Gasteiger partial charge in [-0.25, -0.2) is 0 Å². The summed E-state index contributed by atoms with van der Waals surface area (Å²) in [5.41, 5.74) is 8.30. The van der Waals surface area contributed by atoms with Gasteiger partial charge in [-0.15, -0.1) is 0 Å². The van der Waals surface area contributed by atoms with Gasteiger partial charge in [0.15, 0.2) is 0 Å². The Morgan fingerprint density at radius 2 is 1.79 bits per heavy atom. The second kappa shape index (κ2) is 6.51. The first-order valence-electron chi connectivity index (χ1n) is 7.16. The molecule has 0 aromatic heterocycles. The molecular weight excluding hydrogens is 238 g/mol. The van der Waals surface area contributed by atoms with Crippen LogP contribution >= 0.6 is 0 Å². The first-order chi connectivity index (χ1) is 9.08. The van der Waals surface area contributed by atoms with Gasteiger partial charge in [0, 0.05) is 6.54 Å². The number of aryl methyl sites for hydroxylation is 1. The van der Waals surface area contributed by atoms with Gasteiger partial charge in [0.2, 0.25) is 0 Å². The lowest BCUT2D eigenvalue weighted by Gasteiger charge is -2.34. The van der Waals surface area contributed by atoms with Crippen LogP contribution in [0.5, 0.6) is 0 Å². The van der Waals surface area contributed by atoms with E-state index in [1.807, 2.05) is 0 Å². The zero-order valence-corrected chi connectivity index (χ0v) is 12.1. The van der Waals surface area contributed by atoms with E-state index in [1.54, 1.807) is 0 Å². The van der Waals surface area contributed by atoms with Crippen LogP contribution in [0.4, 0.5) is 0 Å². The zero-order chi connectivity index (χ0) is 13.8. The fraction of sp³-hybridized carbons (Fsp3) is 0.625. The molecule has 0 amide bonds. The molecule has 1 saturated heterocycles. The van der Waals surface area contributed by atoms with Crippen LogP contribution in [-0.4, -0.2) is 24.9 Å². The Balaban J connectivity index is 2.00. The van der Waals surface area contributed by atoms with Crippen molar-refractivity contribution in [3.8, 4) is 0 Å². The molecule has 19 heavy (non-hydrogen) atoms. The molecule has 3 unspecified atom stereocenters. The summed E-state index contributed by atoms with van der Waals surface area (Å²) >= 11 is 0. The molecule has 2 N–H and O–H groups in total. The highest BCUT2D eigenvalue weighted by Gasteiger charge is 2.27. The van der Waals surface area contributed by atoms with Crippen molar-refractivity contribution in [1.29, 1.82) is 0 Å². The lowest BCUT2D eigenvalue weighted by molar-refractivity contribution is -0.120. The first-order valence-corrected chi connectivity index (χ1v) is 7.16. The lowest BCUT2D eigenvalue weighted by Crippen LogP contribution is -2.35. The molecule has 1 heterocycles. The van der Waals surface area contributed by atoms with E-state index >= 15 is 0 Å². The van der Waals surface area contributed by atoms with E-state index < -0.39 is 0 Å². The predicted octanol–water partition coefficient (Wildman–Crippen LogP) is 2.97. The van der Waals surface area contributed by atoms with Crippen LogP contribution in [0.2, 0.25) is 0 Å². The van der Waals surface area contributed by atoms with Crippen molar-refractivity contribution >= 4 is 0 Å². The molecule has 2 rings (SSSR count). The molecular formula is C16H25NO2. The summed E-state index contributed by atoms with van der Waals surface area (Å²) in [7, 11) is 0. The number of hydrogen-bond acceptors (Lipinski definition) is 3. The Hall–Kier alpha value is -0.900. The van der Waals surface area contributed by atoms with E-state index in [2.05, 4.69) is 45.0 Å². The molecule has 3 heteroatoms. The minimum absolute atomic E-state index is 0.0110. The van der Waals surface area contributed by atoms with Gasteiger partial charge in [-0.05, 0) is 39.2 Å². The molecule has 0 saturated carbocycles. The standard InChI is InChI=1S/C16H25NO2/c1-11-4-6-14(7-5-11)16(10-17)19-15-8-12(2)18-13(3)9-15/h4-7,12-13,15-16H,8-10,17H2,1-3H3. The van der Waals surface area contributed by atoms with Crippen molar-refractivity contribution in [3.05, 3.63) is 35.4 Å². The molecule has 0 radical (unpaired) electrons. The summed E-state index contributed by atoms with van der Waals surface area (Å²) in [6, 6.07) is 8.44. The van der Waals surface area contributed by atoms with Crippen LogP contribution in [0.1, 0.15) is 43.9 Å². The molecule has 0 bridgehead atoms. The SMILES string of the molecule is Cc1ccc(C(CN)OC2CC(C)OC(C)C2)cc1. The maximum absolute atomic E-state index is 6.20. The van der Waals surface area contributed by atoms with Gasteiger partial charge < -0.3 is 15.2 Å². The van der Waals surface area contributed by atoms with Crippen molar-refractivity contribution < 1.29 is 9.47 Å². The van der Waals surface area contributed by atoms with E-state index in [9.17, 15) is 0 Å². The summed E-state index contributed by atoms with van der Waals surface area (Å²) in [6.45, 7) is 6.82. The predicted molar refractivity (Wildman–Crippen MR) is 77.1 cm³/mol. The molecule has 1 aromatic carbocycles. The number of nitrogens with two attached hydrogens (primary N) is 1. The van der Waals surface area contributed by atoms with Crippen LogP contribution in [0.25, 0.3) is 0 Å². The molecule has 0 aliphatic carbocycles. The Bertz CT molecular complexity index is 380. The van der Waals surface area contributed by atoms with Crippen molar-refractivity contribution in [1.82, 2.24) is 0 Å². The van der Waals surface area contributed by atoms with Gasteiger partial charge in [-0.1, -0.05) is 29.8 Å². The molecule has 1 aromatic rings. The maximum Gasteiger partial charge on any atom is 0.0950 e. The quantitative estimate of drug-likeness (QED) is 0.908. The number of benzene rings is 1. The largest absolute Gasteiger partial charge is 0.375 e. The minimum atomic E-state index is -0.0110. The van der Waals surface area contributed by atoms with E-state index in [0.717, 1.165) is 12.8 Å². The Morgan fingerprint density at radius 1 is 1.21 bits per heavy atom. The summed E-state index contributed by atoms with van der Waals surface area (Å²) in [6.07, 6.45) is 2.67. The third-order valence-electron chi connectivity index (χ3n) is 3.67. The van der Waals surface area contributed by atoms with Gasteiger partial charge in [0.25, 0.3) is 0 Å². The molecule has 1 fully saturated rings. The average molecular weight is 263 g/mol. The normalized spacial score (nSPS) is 29.2. The highest BCUT2D eigenvalue weighted by Crippen LogP contribution is 2.27. The van der Waals surface area contributed by atoms with Crippen LogP contribution in [0, 0.1) is 6.92 Å². The zero-order valence-electron chi connectivity index (χ0n) is 12.1. The second-order valence-electron chi connectivity index (χ2n) is 5.62. The smallest absolute Gasteiger partial charge is 0.0950 e. The van der Waals surface area contributed by atoms with Crippen molar-refractivity contribution in [2.75, 3.05) is 6.54 Å². The highest BCUT2D eigenvalue weighted by molar-refractivity contribution is 5.23. The van der Waals surface area contributed by atoms with E-state index in [1.165, 1.54) is 11.1 Å². The molecule has 3 nitrogen and oxygen atoms in total. The first kappa shape index (κ1) is 14.5. The average Bonchev–Trinajstić information content (AvgIpc) is 2.36. The van der Waals surface area contributed by atoms with Crippen molar-refractivity contribution in [2.24, 2.45) is 5.73 Å². The summed E-state index contributed by atoms with van der Waals surface area (Å²) < 4.78 is 11.9. The third kappa shape index (κ3) is 4.03. The van der Waals surface area contributed by atoms with Crippen LogP contribution in [0.15, 0.2) is 24.3 Å². The number of ether oxygens (including phenoxy) is 2. The summed E-state index contributed by atoms with van der Waals surface area (Å²) in [4.78, 5) is 0. The monoisotopic (exact) mass is 263 g/mol. The number of hydrogen-bond donors (Lipinski definition) is 1. The van der Waals surface area contributed by atoms with Gasteiger partial charge in [0.05, 0.1) is 24.4 Å². The third-order valence-corrected chi connectivity index (χ3v) is 3.67. The maximum atomic E-state index is 6.20. The van der Waals surface area contributed by atoms with Crippen LogP contribution in [0.3, 0.4) is 0 Å². The van der Waals surface area contributed by atoms with Gasteiger partial charge in [-0.3, -0.25) is 0 Å². The lowest BCUT2D eigenvalue weighted by atomic mass is 10.0. The fourth-order valence-electron chi connectivity index (χ4n) is 2.74. The van der Waals surface area contributed by atoms with Gasteiger partial charge >= 0.3 is 0 Å². The van der Waals surface area contributed by atoms with E-state index in [4.69, 9.17) is 15.2 Å². The van der Waals surface area contributed by atoms with Gasteiger partial charge in [0.1, 0.15) is 0 Å². The van der Waals surface area contributed by atoms with Crippen LogP contribution < -0.4 is 5.73 Å². The topological polar surface area (TPSA) is 44.5 Å². The van der Waals surface area contributed by atoms with Crippen molar-refractivity contribution in [3.63, 3.8) is 0 Å². The Kier molecular flexibility index (Phi) is 4.97. The molecule has 1 aliphatic rings. The van der Waals surface area contributed by atoms with Gasteiger partial charge in [-0.2, -0.15) is 0 Å². The summed E-state index contributed by atoms with van der Waals surface area (Å²) in [5, 5.41) is 0. The molecule has 3 atom stereocenters. The molecule has 106 valence electrons. The molecule has 1 aliphatic heterocycles. The van der Waals surface area contributed by atoms with Crippen LogP contribution in [-0.2, 0) is 9.47 Å². The van der Waals surface area contributed by atoms with E-state index in [-0.39, 0.29) is 24.4 Å².